The summed E-state index contributed by atoms with van der Waals surface area (Å²) < 4.78 is 6.32. The average Bonchev–Trinajstić information content (AvgIpc) is 3.40. The molecule has 2 aliphatic rings. The lowest BCUT2D eigenvalue weighted by Crippen LogP contribution is -2.51. The van der Waals surface area contributed by atoms with Crippen molar-refractivity contribution in [2.45, 2.75) is 57.7 Å². The number of hydrogen-bond donors (Lipinski definition) is 2. The Morgan fingerprint density at radius 1 is 1.34 bits per heavy atom. The topological polar surface area (TPSA) is 108 Å². The first-order chi connectivity index (χ1) is 15.1. The molecule has 32 heavy (non-hydrogen) atoms. The van der Waals surface area contributed by atoms with E-state index in [0.717, 1.165) is 10.0 Å². The van der Waals surface area contributed by atoms with Gasteiger partial charge in [-0.3, -0.25) is 9.59 Å². The second-order valence-electron chi connectivity index (χ2n) is 9.05. The van der Waals surface area contributed by atoms with Crippen LogP contribution in [0.15, 0.2) is 44.3 Å². The lowest BCUT2D eigenvalue weighted by molar-refractivity contribution is -0.134. The predicted molar refractivity (Wildman–Crippen MR) is 122 cm³/mol. The maximum Gasteiger partial charge on any atom is 0.277 e. The molecule has 3 heterocycles. The molecule has 1 aromatic carbocycles. The summed E-state index contributed by atoms with van der Waals surface area (Å²) in [5.74, 6) is -0.177. The Bertz CT molecular complexity index is 1060. The summed E-state index contributed by atoms with van der Waals surface area (Å²) >= 11 is 3.41. The number of rotatable bonds is 5. The van der Waals surface area contributed by atoms with Gasteiger partial charge in [-0.15, -0.1) is 0 Å². The monoisotopic (exact) mass is 502 g/mol. The van der Waals surface area contributed by atoms with Gasteiger partial charge in [-0.05, 0) is 37.5 Å². The van der Waals surface area contributed by atoms with E-state index in [4.69, 9.17) is 4.52 Å². The molecule has 0 spiro atoms. The summed E-state index contributed by atoms with van der Waals surface area (Å²) in [6.07, 6.45) is -0.394. The number of aliphatic imine (C=N–C) groups is 1. The number of aromatic nitrogens is 1. The molecule has 0 unspecified atom stereocenters. The van der Waals surface area contributed by atoms with Gasteiger partial charge in [-0.1, -0.05) is 47.1 Å². The Balaban J connectivity index is 1.61. The van der Waals surface area contributed by atoms with Crippen molar-refractivity contribution in [1.82, 2.24) is 15.4 Å². The van der Waals surface area contributed by atoms with E-state index in [9.17, 15) is 14.7 Å². The highest BCUT2D eigenvalue weighted by Gasteiger charge is 2.48. The van der Waals surface area contributed by atoms with Crippen LogP contribution in [0.25, 0.3) is 0 Å². The average molecular weight is 503 g/mol. The third-order valence-electron chi connectivity index (χ3n) is 6.21. The van der Waals surface area contributed by atoms with Crippen molar-refractivity contribution in [2.24, 2.45) is 10.9 Å². The lowest BCUT2D eigenvalue weighted by Gasteiger charge is -2.31. The molecule has 170 valence electrons. The largest absolute Gasteiger partial charge is 0.391 e. The first-order valence-electron chi connectivity index (χ1n) is 10.7. The molecular weight excluding hydrogens is 476 g/mol. The van der Waals surface area contributed by atoms with Crippen molar-refractivity contribution < 1.29 is 19.2 Å². The number of halogens is 1. The van der Waals surface area contributed by atoms with Crippen molar-refractivity contribution >= 4 is 33.6 Å². The van der Waals surface area contributed by atoms with Gasteiger partial charge in [0.15, 0.2) is 0 Å². The zero-order chi connectivity index (χ0) is 23.2. The van der Waals surface area contributed by atoms with E-state index in [1.165, 1.54) is 0 Å². The van der Waals surface area contributed by atoms with Crippen LogP contribution < -0.4 is 5.32 Å². The van der Waals surface area contributed by atoms with Gasteiger partial charge >= 0.3 is 0 Å². The number of nitrogens with zero attached hydrogens (tertiary/aromatic N) is 3. The van der Waals surface area contributed by atoms with Crippen molar-refractivity contribution in [2.75, 3.05) is 6.54 Å². The van der Waals surface area contributed by atoms with Crippen molar-refractivity contribution in [3.8, 4) is 0 Å². The second-order valence-corrected chi connectivity index (χ2v) is 9.96. The van der Waals surface area contributed by atoms with Crippen LogP contribution in [-0.4, -0.2) is 51.5 Å². The molecule has 4 atom stereocenters. The molecule has 1 saturated heterocycles. The molecule has 0 radical (unpaired) electrons. The van der Waals surface area contributed by atoms with Crippen LogP contribution in [0.2, 0.25) is 0 Å². The zero-order valence-corrected chi connectivity index (χ0v) is 20.1. The van der Waals surface area contributed by atoms with Crippen LogP contribution in [0.1, 0.15) is 50.1 Å². The predicted octanol–water partition coefficient (Wildman–Crippen LogP) is 2.89. The van der Waals surface area contributed by atoms with Crippen LogP contribution in [0, 0.1) is 12.8 Å². The smallest absolute Gasteiger partial charge is 0.277 e. The third-order valence-corrected chi connectivity index (χ3v) is 6.74. The van der Waals surface area contributed by atoms with Gasteiger partial charge in [0, 0.05) is 23.5 Å². The molecule has 0 bridgehead atoms. The minimum absolute atomic E-state index is 0.0404. The Morgan fingerprint density at radius 2 is 2.03 bits per heavy atom. The highest BCUT2D eigenvalue weighted by molar-refractivity contribution is 9.10. The van der Waals surface area contributed by atoms with E-state index in [2.05, 4.69) is 31.4 Å². The van der Waals surface area contributed by atoms with E-state index in [-0.39, 0.29) is 24.3 Å². The van der Waals surface area contributed by atoms with E-state index < -0.39 is 23.6 Å². The number of carbonyl (C=O) groups excluding carboxylic acids is 2. The number of likely N-dealkylation sites (tertiary alicyclic amines) is 1. The number of aliphatic hydroxyl groups is 1. The van der Waals surface area contributed by atoms with Crippen LogP contribution >= 0.6 is 15.9 Å². The summed E-state index contributed by atoms with van der Waals surface area (Å²) in [4.78, 5) is 32.4. The number of amidine groups is 1. The van der Waals surface area contributed by atoms with Gasteiger partial charge < -0.3 is 19.8 Å². The Hall–Kier alpha value is -2.52. The van der Waals surface area contributed by atoms with Gasteiger partial charge in [0.25, 0.3) is 5.91 Å². The van der Waals surface area contributed by atoms with E-state index in [0.29, 0.717) is 23.7 Å². The number of hydrogen-bond acceptors (Lipinski definition) is 6. The van der Waals surface area contributed by atoms with Gasteiger partial charge in [-0.2, -0.15) is 4.99 Å². The Kier molecular flexibility index (Phi) is 5.98. The number of carbonyl (C=O) groups is 2. The highest BCUT2D eigenvalue weighted by Crippen LogP contribution is 2.34. The summed E-state index contributed by atoms with van der Waals surface area (Å²) in [6, 6.07) is 8.71. The number of amides is 2. The van der Waals surface area contributed by atoms with Crippen molar-refractivity contribution in [1.29, 1.82) is 0 Å². The maximum absolute atomic E-state index is 13.6. The number of aryl methyl sites for hydroxylation is 1. The number of β-amino-alcohol motifs (C(OH)–C–C–N with tert-alkyl or cyclic N) is 1. The van der Waals surface area contributed by atoms with Crippen molar-refractivity contribution in [3.63, 3.8) is 0 Å². The molecule has 1 aromatic heterocycles. The number of aliphatic hydroxyl groups excluding tert-OH is 1. The van der Waals surface area contributed by atoms with Gasteiger partial charge in [0.05, 0.1) is 17.8 Å². The minimum atomic E-state index is -1.03. The molecular formula is C23H27BrN4O4. The molecule has 0 saturated carbocycles. The fraction of sp³-hybridized carbons (Fsp3) is 0.478. The van der Waals surface area contributed by atoms with Crippen LogP contribution in [0.5, 0.6) is 0 Å². The number of benzene rings is 1. The minimum Gasteiger partial charge on any atom is -0.391 e. The number of nitrogens with one attached hydrogen (secondary N) is 1. The maximum atomic E-state index is 13.6. The second kappa shape index (κ2) is 8.44. The van der Waals surface area contributed by atoms with E-state index >= 15 is 0 Å². The standard InChI is InChI=1S/C23H27BrN4O4/c1-12(2)19(18-9-13(3)27-32-18)21(30)28-11-16(29)10-17(28)20-25-22(31)23(4,26-20)14-5-7-15(24)8-6-14/h5-9,12,16-17,19,29H,10-11H2,1-4H3,(H,25,26,31)/t16-,17+,19+,23-/m1/s1. The van der Waals surface area contributed by atoms with Crippen LogP contribution in [0.4, 0.5) is 0 Å². The first-order valence-corrected chi connectivity index (χ1v) is 11.5. The summed E-state index contributed by atoms with van der Waals surface area (Å²) in [6.45, 7) is 7.65. The molecule has 1 fully saturated rings. The fourth-order valence-corrected chi connectivity index (χ4v) is 4.72. The summed E-state index contributed by atoms with van der Waals surface area (Å²) in [5, 5.41) is 17.6. The Morgan fingerprint density at radius 3 is 2.62 bits per heavy atom. The summed E-state index contributed by atoms with van der Waals surface area (Å²) in [5.41, 5.74) is 0.449. The molecule has 8 nitrogen and oxygen atoms in total. The SMILES string of the molecule is Cc1cc([C@@H](C(=O)N2C[C@H](O)C[C@H]2C2=NC(=O)[C@@](C)(c3ccc(Br)cc3)N2)C(C)C)on1. The molecule has 2 N–H and O–H groups in total. The lowest BCUT2D eigenvalue weighted by atomic mass is 9.91. The normalized spacial score (nSPS) is 26.4. The van der Waals surface area contributed by atoms with Gasteiger partial charge in [0.2, 0.25) is 5.91 Å². The molecule has 0 aliphatic carbocycles. The first kappa shape index (κ1) is 22.7. The molecule has 2 amide bonds. The molecule has 2 aromatic rings. The zero-order valence-electron chi connectivity index (χ0n) is 18.5. The molecule has 2 aliphatic heterocycles. The molecule has 9 heteroatoms. The Labute approximate surface area is 195 Å². The van der Waals surface area contributed by atoms with E-state index in [1.54, 1.807) is 17.9 Å². The molecule has 4 rings (SSSR count). The van der Waals surface area contributed by atoms with Gasteiger partial charge in [0.1, 0.15) is 23.1 Å². The highest BCUT2D eigenvalue weighted by atomic mass is 79.9. The van der Waals surface area contributed by atoms with Crippen molar-refractivity contribution in [3.05, 3.63) is 51.8 Å². The van der Waals surface area contributed by atoms with Crippen LogP contribution in [0.3, 0.4) is 0 Å². The third kappa shape index (κ3) is 3.99. The summed E-state index contributed by atoms with van der Waals surface area (Å²) in [7, 11) is 0. The van der Waals surface area contributed by atoms with Gasteiger partial charge in [-0.25, -0.2) is 0 Å². The van der Waals surface area contributed by atoms with E-state index in [1.807, 2.05) is 45.0 Å². The van der Waals surface area contributed by atoms with Crippen LogP contribution in [-0.2, 0) is 15.1 Å². The fourth-order valence-electron chi connectivity index (χ4n) is 4.46. The quantitative estimate of drug-likeness (QED) is 0.650.